The van der Waals surface area contributed by atoms with Crippen molar-refractivity contribution in [3.8, 4) is 5.75 Å². The largest absolute Gasteiger partial charge is 0.504 e. The van der Waals surface area contributed by atoms with Crippen molar-refractivity contribution in [2.45, 2.75) is 13.3 Å². The summed E-state index contributed by atoms with van der Waals surface area (Å²) in [6, 6.07) is 0.754. The summed E-state index contributed by atoms with van der Waals surface area (Å²) in [5.74, 6) is -1.70. The minimum atomic E-state index is -2.95. The summed E-state index contributed by atoms with van der Waals surface area (Å²) in [5, 5.41) is 8.62. The van der Waals surface area contributed by atoms with Crippen LogP contribution in [0.5, 0.6) is 5.75 Å². The van der Waals surface area contributed by atoms with Gasteiger partial charge >= 0.3 is 5.97 Å². The molecule has 0 aromatic carbocycles. The molecule has 0 radical (unpaired) electrons. The van der Waals surface area contributed by atoms with E-state index in [1.165, 1.54) is 0 Å². The van der Waals surface area contributed by atoms with Crippen molar-refractivity contribution in [1.29, 1.82) is 0 Å². The first-order valence-electron chi connectivity index (χ1n) is 4.32. The standard InChI is InChI=1S/C9H8ClF2NO3/c1-2-16-9(15)5-3-4(8(11)12)6(14)7(10)13-5/h3,8,14H,2H2,1H3. The fourth-order valence-corrected chi connectivity index (χ4v) is 1.20. The molecule has 0 bridgehead atoms. The van der Waals surface area contributed by atoms with Gasteiger partial charge in [-0.2, -0.15) is 0 Å². The van der Waals surface area contributed by atoms with Gasteiger partial charge < -0.3 is 9.84 Å². The molecule has 88 valence electrons. The van der Waals surface area contributed by atoms with E-state index in [1.54, 1.807) is 6.92 Å². The highest BCUT2D eigenvalue weighted by atomic mass is 35.5. The zero-order chi connectivity index (χ0) is 12.3. The molecule has 0 atom stereocenters. The topological polar surface area (TPSA) is 59.4 Å². The van der Waals surface area contributed by atoms with Crippen molar-refractivity contribution in [1.82, 2.24) is 4.98 Å². The van der Waals surface area contributed by atoms with Crippen LogP contribution in [-0.2, 0) is 4.74 Å². The lowest BCUT2D eigenvalue weighted by atomic mass is 10.2. The van der Waals surface area contributed by atoms with E-state index in [9.17, 15) is 18.7 Å². The Kier molecular flexibility index (Phi) is 4.00. The second kappa shape index (κ2) is 5.07. The first kappa shape index (κ1) is 12.6. The van der Waals surface area contributed by atoms with Crippen LogP contribution in [0.4, 0.5) is 8.78 Å². The van der Waals surface area contributed by atoms with Gasteiger partial charge in [-0.25, -0.2) is 18.6 Å². The summed E-state index contributed by atoms with van der Waals surface area (Å²) in [7, 11) is 0. The molecule has 0 unspecified atom stereocenters. The second-order valence-electron chi connectivity index (χ2n) is 2.76. The molecule has 0 saturated heterocycles. The van der Waals surface area contributed by atoms with Gasteiger partial charge in [0.05, 0.1) is 12.2 Å². The van der Waals surface area contributed by atoms with Crippen LogP contribution in [0.25, 0.3) is 0 Å². The SMILES string of the molecule is CCOC(=O)c1cc(C(F)F)c(O)c(Cl)n1. The summed E-state index contributed by atoms with van der Waals surface area (Å²) < 4.78 is 29.4. The number of halogens is 3. The fourth-order valence-electron chi connectivity index (χ4n) is 1.00. The molecule has 1 N–H and O–H groups in total. The number of aromatic nitrogens is 1. The van der Waals surface area contributed by atoms with Crippen molar-refractivity contribution in [3.05, 3.63) is 22.5 Å². The van der Waals surface area contributed by atoms with E-state index in [1.807, 2.05) is 0 Å². The van der Waals surface area contributed by atoms with Crippen LogP contribution in [0.3, 0.4) is 0 Å². The van der Waals surface area contributed by atoms with Gasteiger partial charge in [0.2, 0.25) is 0 Å². The molecule has 7 heteroatoms. The van der Waals surface area contributed by atoms with E-state index in [0.717, 1.165) is 6.07 Å². The predicted octanol–water partition coefficient (Wildman–Crippen LogP) is 2.55. The van der Waals surface area contributed by atoms with E-state index >= 15 is 0 Å². The number of hydrogen-bond acceptors (Lipinski definition) is 4. The molecule has 0 aliphatic rings. The normalized spacial score (nSPS) is 10.6. The van der Waals surface area contributed by atoms with Gasteiger partial charge in [-0.3, -0.25) is 0 Å². The second-order valence-corrected chi connectivity index (χ2v) is 3.12. The summed E-state index contributed by atoms with van der Waals surface area (Å²) >= 11 is 5.41. The average Bonchev–Trinajstić information content (AvgIpc) is 2.21. The van der Waals surface area contributed by atoms with Gasteiger partial charge in [0.25, 0.3) is 6.43 Å². The number of nitrogens with zero attached hydrogens (tertiary/aromatic N) is 1. The highest BCUT2D eigenvalue weighted by Gasteiger charge is 2.21. The molecule has 1 aromatic heterocycles. The lowest BCUT2D eigenvalue weighted by Gasteiger charge is -2.07. The van der Waals surface area contributed by atoms with Crippen LogP contribution in [0.15, 0.2) is 6.07 Å². The van der Waals surface area contributed by atoms with Crippen molar-refractivity contribution < 1.29 is 23.4 Å². The Bertz CT molecular complexity index is 412. The van der Waals surface area contributed by atoms with Crippen molar-refractivity contribution in [2.75, 3.05) is 6.61 Å². The molecule has 0 amide bonds. The molecule has 0 fully saturated rings. The molecular weight excluding hydrogens is 244 g/mol. The first-order valence-corrected chi connectivity index (χ1v) is 4.69. The van der Waals surface area contributed by atoms with E-state index in [0.29, 0.717) is 0 Å². The van der Waals surface area contributed by atoms with Crippen molar-refractivity contribution in [2.24, 2.45) is 0 Å². The fraction of sp³-hybridized carbons (Fsp3) is 0.333. The van der Waals surface area contributed by atoms with Crippen LogP contribution >= 0.6 is 11.6 Å². The van der Waals surface area contributed by atoms with E-state index < -0.39 is 28.9 Å². The lowest BCUT2D eigenvalue weighted by Crippen LogP contribution is -2.08. The summed E-state index contributed by atoms with van der Waals surface area (Å²) in [5.41, 5.74) is -1.11. The lowest BCUT2D eigenvalue weighted by molar-refractivity contribution is 0.0519. The third-order valence-corrected chi connectivity index (χ3v) is 1.96. The van der Waals surface area contributed by atoms with E-state index in [-0.39, 0.29) is 12.3 Å². The number of alkyl halides is 2. The van der Waals surface area contributed by atoms with Crippen molar-refractivity contribution in [3.63, 3.8) is 0 Å². The summed E-state index contributed by atoms with van der Waals surface area (Å²) in [6.07, 6.45) is -2.95. The highest BCUT2D eigenvalue weighted by molar-refractivity contribution is 6.31. The Labute approximate surface area is 94.8 Å². The minimum absolute atomic E-state index is 0.0863. The molecule has 1 heterocycles. The molecule has 4 nitrogen and oxygen atoms in total. The third kappa shape index (κ3) is 2.57. The van der Waals surface area contributed by atoms with Gasteiger partial charge in [0.1, 0.15) is 0 Å². The van der Waals surface area contributed by atoms with Crippen molar-refractivity contribution >= 4 is 17.6 Å². The number of carbonyl (C=O) groups is 1. The highest BCUT2D eigenvalue weighted by Crippen LogP contribution is 2.33. The molecule has 0 spiro atoms. The minimum Gasteiger partial charge on any atom is -0.504 e. The number of hydrogen-bond donors (Lipinski definition) is 1. The Morgan fingerprint density at radius 1 is 1.69 bits per heavy atom. The number of rotatable bonds is 3. The number of esters is 1. The molecule has 1 rings (SSSR count). The number of aromatic hydroxyl groups is 1. The Balaban J connectivity index is 3.18. The molecule has 0 aliphatic heterocycles. The Hall–Kier alpha value is -1.43. The zero-order valence-corrected chi connectivity index (χ0v) is 8.96. The van der Waals surface area contributed by atoms with Crippen LogP contribution in [0.2, 0.25) is 5.15 Å². The molecular formula is C9H8ClF2NO3. The number of carbonyl (C=O) groups excluding carboxylic acids is 1. The molecule has 0 saturated carbocycles. The smallest absolute Gasteiger partial charge is 0.356 e. The predicted molar refractivity (Wildman–Crippen MR) is 51.8 cm³/mol. The van der Waals surface area contributed by atoms with Crippen LogP contribution in [-0.4, -0.2) is 22.7 Å². The van der Waals surface area contributed by atoms with Gasteiger partial charge in [-0.05, 0) is 13.0 Å². The van der Waals surface area contributed by atoms with E-state index in [4.69, 9.17) is 11.6 Å². The summed E-state index contributed by atoms with van der Waals surface area (Å²) in [6.45, 7) is 1.65. The maximum Gasteiger partial charge on any atom is 0.356 e. The monoisotopic (exact) mass is 251 g/mol. The van der Waals surface area contributed by atoms with Gasteiger partial charge in [0, 0.05) is 0 Å². The Morgan fingerprint density at radius 2 is 2.31 bits per heavy atom. The van der Waals surface area contributed by atoms with E-state index in [2.05, 4.69) is 9.72 Å². The zero-order valence-electron chi connectivity index (χ0n) is 8.21. The molecule has 1 aromatic rings. The van der Waals surface area contributed by atoms with Gasteiger partial charge in [-0.1, -0.05) is 11.6 Å². The summed E-state index contributed by atoms with van der Waals surface area (Å²) in [4.78, 5) is 14.7. The maximum absolute atomic E-state index is 12.4. The molecule has 16 heavy (non-hydrogen) atoms. The van der Waals surface area contributed by atoms with Crippen LogP contribution in [0.1, 0.15) is 29.4 Å². The maximum atomic E-state index is 12.4. The molecule has 0 aliphatic carbocycles. The van der Waals surface area contributed by atoms with Gasteiger partial charge in [0.15, 0.2) is 16.6 Å². The Morgan fingerprint density at radius 3 is 2.81 bits per heavy atom. The number of pyridine rings is 1. The van der Waals surface area contributed by atoms with Gasteiger partial charge in [-0.15, -0.1) is 0 Å². The average molecular weight is 252 g/mol. The first-order chi connectivity index (χ1) is 7.47. The van der Waals surface area contributed by atoms with Crippen LogP contribution in [0, 0.1) is 0 Å². The van der Waals surface area contributed by atoms with Crippen LogP contribution < -0.4 is 0 Å². The third-order valence-electron chi connectivity index (χ3n) is 1.70. The number of ether oxygens (including phenoxy) is 1. The quantitative estimate of drug-likeness (QED) is 0.662.